The zero-order valence-corrected chi connectivity index (χ0v) is 15.4. The summed E-state index contributed by atoms with van der Waals surface area (Å²) in [4.78, 5) is 57.4. The molecule has 1 aliphatic rings. The van der Waals surface area contributed by atoms with Crippen LogP contribution >= 0.6 is 15.6 Å². The van der Waals surface area contributed by atoms with Gasteiger partial charge in [-0.3, -0.25) is 23.4 Å². The van der Waals surface area contributed by atoms with Gasteiger partial charge in [0.15, 0.2) is 17.4 Å². The number of imidazole rings is 1. The lowest BCUT2D eigenvalue weighted by atomic mass is 10.1. The van der Waals surface area contributed by atoms with E-state index in [0.717, 1.165) is 10.9 Å². The van der Waals surface area contributed by atoms with E-state index in [1.807, 2.05) is 0 Å². The van der Waals surface area contributed by atoms with Crippen LogP contribution < -0.4 is 11.3 Å². The Hall–Kier alpha value is -1.71. The van der Waals surface area contributed by atoms with Gasteiger partial charge in [0.05, 0.1) is 12.9 Å². The lowest BCUT2D eigenvalue weighted by molar-refractivity contribution is -0.0502. The number of aliphatic hydroxyl groups excluding tert-OH is 1. The van der Waals surface area contributed by atoms with Crippen molar-refractivity contribution < 1.29 is 47.6 Å². The molecule has 28 heavy (non-hydrogen) atoms. The summed E-state index contributed by atoms with van der Waals surface area (Å²) in [5.74, 6) is -0.267. The zero-order valence-electron chi connectivity index (χ0n) is 13.6. The second-order valence-corrected chi connectivity index (χ2v) is 8.11. The van der Waals surface area contributed by atoms with Gasteiger partial charge in [-0.05, 0) is 0 Å². The molecular weight excluding hydrogens is 428 g/mol. The van der Waals surface area contributed by atoms with Crippen molar-refractivity contribution in [1.29, 1.82) is 0 Å². The van der Waals surface area contributed by atoms with Crippen LogP contribution in [0.5, 0.6) is 0 Å². The van der Waals surface area contributed by atoms with Crippen LogP contribution in [0.1, 0.15) is 6.23 Å². The number of phosphoric acid groups is 2. The number of H-pyrrole nitrogens is 1. The predicted molar refractivity (Wildman–Crippen MR) is 87.4 cm³/mol. The fraction of sp³-hybridized carbons (Fsp3) is 0.500. The molecule has 2 aromatic heterocycles. The molecule has 0 saturated carbocycles. The summed E-state index contributed by atoms with van der Waals surface area (Å²) in [5, 5.41) is 10.4. The molecule has 8 N–H and O–H groups in total. The maximum absolute atomic E-state index is 11.8. The first-order valence-electron chi connectivity index (χ1n) is 7.35. The highest BCUT2D eigenvalue weighted by molar-refractivity contribution is 7.46. The minimum absolute atomic E-state index is 0.114. The van der Waals surface area contributed by atoms with Gasteiger partial charge in [0.25, 0.3) is 5.56 Å². The normalized spacial score (nSPS) is 26.2. The van der Waals surface area contributed by atoms with Crippen molar-refractivity contribution in [2.75, 3.05) is 12.3 Å². The molecule has 0 bridgehead atoms. The molecule has 0 unspecified atom stereocenters. The third kappa shape index (κ3) is 4.47. The fourth-order valence-electron chi connectivity index (χ4n) is 2.67. The van der Waals surface area contributed by atoms with E-state index < -0.39 is 52.4 Å². The van der Waals surface area contributed by atoms with E-state index in [2.05, 4.69) is 24.0 Å². The van der Waals surface area contributed by atoms with Gasteiger partial charge in [0.1, 0.15) is 18.3 Å². The summed E-state index contributed by atoms with van der Waals surface area (Å²) in [6, 6.07) is 0. The molecule has 1 fully saturated rings. The second-order valence-electron chi connectivity index (χ2n) is 5.68. The molecular formula is C10H15N5O11P2. The van der Waals surface area contributed by atoms with E-state index in [4.69, 9.17) is 30.0 Å². The Labute approximate surface area is 154 Å². The molecule has 18 heteroatoms. The molecule has 4 atom stereocenters. The smallest absolute Gasteiger partial charge is 0.386 e. The lowest BCUT2D eigenvalue weighted by Crippen LogP contribution is -2.35. The van der Waals surface area contributed by atoms with E-state index in [9.17, 15) is 19.0 Å². The minimum atomic E-state index is -5.13. The topological polar surface area (TPSA) is 253 Å². The number of hydrogen-bond acceptors (Lipinski definition) is 10. The first kappa shape index (κ1) is 21.0. The predicted octanol–water partition coefficient (Wildman–Crippen LogP) is -2.45. The number of ether oxygens (including phenoxy) is 1. The summed E-state index contributed by atoms with van der Waals surface area (Å²) >= 11 is 0. The van der Waals surface area contributed by atoms with Crippen LogP contribution in [0.25, 0.3) is 11.2 Å². The molecule has 2 aromatic rings. The third-order valence-electron chi connectivity index (χ3n) is 3.70. The number of rotatable bonds is 6. The summed E-state index contributed by atoms with van der Waals surface area (Å²) in [6.45, 7) is -0.870. The van der Waals surface area contributed by atoms with Crippen LogP contribution in [-0.4, -0.2) is 69.1 Å². The monoisotopic (exact) mass is 443 g/mol. The van der Waals surface area contributed by atoms with Gasteiger partial charge >= 0.3 is 15.6 Å². The molecule has 156 valence electrons. The highest BCUT2D eigenvalue weighted by Crippen LogP contribution is 2.45. The van der Waals surface area contributed by atoms with Gasteiger partial charge in [0.2, 0.25) is 5.95 Å². The number of nitrogens with two attached hydrogens (primary N) is 1. The standard InChI is InChI=1S/C10H15N5O11P2/c11-10-13-7-4(8(17)14-10)12-2-15(7)9-5(16)6(26-28(21,22)23)3(25-9)1-24-27(18,19)20/h2-3,5-6,9,16H,1H2,(H2,18,19,20)(H2,21,22,23)(H3,11,13,14,17)/t3-,5+,6-,9-/m1/s1. The number of aromatic amines is 1. The van der Waals surface area contributed by atoms with E-state index in [1.54, 1.807) is 0 Å². The van der Waals surface area contributed by atoms with Crippen molar-refractivity contribution in [2.45, 2.75) is 24.5 Å². The molecule has 0 aliphatic carbocycles. The largest absolute Gasteiger partial charge is 0.470 e. The van der Waals surface area contributed by atoms with Crippen LogP contribution in [0, 0.1) is 0 Å². The summed E-state index contributed by atoms with van der Waals surface area (Å²) in [7, 11) is -10.1. The van der Waals surface area contributed by atoms with Gasteiger partial charge < -0.3 is 35.2 Å². The SMILES string of the molecule is Nc1nc2c(ncn2[C@@H]2O[C@H](COP(=O)(O)O)[C@@H](OP(=O)(O)O)[C@@H]2O)c(=O)[nH]1. The number of nitrogens with one attached hydrogen (secondary N) is 1. The highest BCUT2D eigenvalue weighted by Gasteiger charge is 2.49. The van der Waals surface area contributed by atoms with E-state index in [-0.39, 0.29) is 17.1 Å². The number of anilines is 1. The van der Waals surface area contributed by atoms with Gasteiger partial charge in [-0.15, -0.1) is 0 Å². The summed E-state index contributed by atoms with van der Waals surface area (Å²) < 4.78 is 37.3. The Morgan fingerprint density at radius 1 is 1.29 bits per heavy atom. The molecule has 3 rings (SSSR count). The Balaban J connectivity index is 1.97. The van der Waals surface area contributed by atoms with Crippen LogP contribution in [-0.2, 0) is 22.9 Å². The second kappa shape index (κ2) is 7.27. The maximum Gasteiger partial charge on any atom is 0.470 e. The van der Waals surface area contributed by atoms with Crippen molar-refractivity contribution in [3.8, 4) is 0 Å². The number of nitrogen functional groups attached to an aromatic ring is 1. The Bertz CT molecular complexity index is 1030. The first-order valence-corrected chi connectivity index (χ1v) is 10.4. The lowest BCUT2D eigenvalue weighted by Gasteiger charge is -2.20. The molecule has 0 amide bonds. The molecule has 1 saturated heterocycles. The van der Waals surface area contributed by atoms with E-state index in [0.29, 0.717) is 0 Å². The summed E-state index contributed by atoms with van der Waals surface area (Å²) in [6.07, 6.45) is -5.40. The van der Waals surface area contributed by atoms with E-state index >= 15 is 0 Å². The molecule has 1 aliphatic heterocycles. The van der Waals surface area contributed by atoms with Crippen molar-refractivity contribution in [3.63, 3.8) is 0 Å². The quantitative estimate of drug-likeness (QED) is 0.229. The van der Waals surface area contributed by atoms with E-state index in [1.165, 1.54) is 0 Å². The Kier molecular flexibility index (Phi) is 5.46. The molecule has 0 spiro atoms. The minimum Gasteiger partial charge on any atom is -0.386 e. The van der Waals surface area contributed by atoms with Crippen LogP contribution in [0.2, 0.25) is 0 Å². The Morgan fingerprint density at radius 3 is 2.57 bits per heavy atom. The van der Waals surface area contributed by atoms with Crippen LogP contribution in [0.4, 0.5) is 5.95 Å². The van der Waals surface area contributed by atoms with Gasteiger partial charge in [-0.25, -0.2) is 14.1 Å². The molecule has 16 nitrogen and oxygen atoms in total. The number of hydrogen-bond donors (Lipinski definition) is 7. The maximum atomic E-state index is 11.8. The van der Waals surface area contributed by atoms with Crippen LogP contribution in [0.15, 0.2) is 11.1 Å². The third-order valence-corrected chi connectivity index (χ3v) is 4.70. The van der Waals surface area contributed by atoms with Crippen molar-refractivity contribution >= 4 is 32.8 Å². The first-order chi connectivity index (χ1) is 12.9. The van der Waals surface area contributed by atoms with Gasteiger partial charge in [-0.1, -0.05) is 0 Å². The highest BCUT2D eigenvalue weighted by atomic mass is 31.2. The summed E-state index contributed by atoms with van der Waals surface area (Å²) in [5.41, 5.74) is 4.52. The van der Waals surface area contributed by atoms with Gasteiger partial charge in [-0.2, -0.15) is 4.98 Å². The number of nitrogens with zero attached hydrogens (tertiary/aromatic N) is 3. The number of phosphoric ester groups is 2. The van der Waals surface area contributed by atoms with Crippen molar-refractivity contribution in [3.05, 3.63) is 16.7 Å². The van der Waals surface area contributed by atoms with Gasteiger partial charge in [0, 0.05) is 0 Å². The average molecular weight is 443 g/mol. The fourth-order valence-corrected chi connectivity index (χ4v) is 3.59. The average Bonchev–Trinajstić information content (AvgIpc) is 3.06. The molecule has 0 aromatic carbocycles. The Morgan fingerprint density at radius 2 is 1.96 bits per heavy atom. The van der Waals surface area contributed by atoms with Crippen molar-refractivity contribution in [1.82, 2.24) is 19.5 Å². The molecule has 3 heterocycles. The van der Waals surface area contributed by atoms with Crippen LogP contribution in [0.3, 0.4) is 0 Å². The number of aliphatic hydroxyl groups is 1. The molecule has 0 radical (unpaired) electrons. The number of aromatic nitrogens is 4. The van der Waals surface area contributed by atoms with Crippen molar-refractivity contribution in [2.24, 2.45) is 0 Å². The zero-order chi connectivity index (χ0) is 20.9. The number of fused-ring (bicyclic) bond motifs is 1.